The number of nitrogens with zero attached hydrogens (tertiary/aromatic N) is 2. The topological polar surface area (TPSA) is 62.7 Å². The molecule has 92 valence electrons. The molecule has 1 aromatic heterocycles. The average Bonchev–Trinajstić information content (AvgIpc) is 2.28. The first-order chi connectivity index (χ1) is 7.93. The summed E-state index contributed by atoms with van der Waals surface area (Å²) in [5, 5.41) is 8.92. The number of hydrogen-bond donors (Lipinski definition) is 1. The van der Waals surface area contributed by atoms with Gasteiger partial charge in [0.05, 0.1) is 22.7 Å². The molecule has 0 radical (unpaired) electrons. The zero-order chi connectivity index (χ0) is 12.9. The van der Waals surface area contributed by atoms with Gasteiger partial charge in [-0.2, -0.15) is 18.4 Å². The molecule has 7 heteroatoms. The van der Waals surface area contributed by atoms with E-state index in [9.17, 15) is 13.2 Å². The molecule has 3 nitrogen and oxygen atoms in total. The summed E-state index contributed by atoms with van der Waals surface area (Å²) < 4.78 is 36.7. The number of alkyl halides is 3. The summed E-state index contributed by atoms with van der Waals surface area (Å²) in [6.45, 7) is 0. The maximum Gasteiger partial charge on any atom is 0.417 e. The van der Waals surface area contributed by atoms with Crippen LogP contribution in [0.5, 0.6) is 0 Å². The molecule has 2 N–H and O–H groups in total. The number of rotatable bonds is 4. The van der Waals surface area contributed by atoms with Crippen molar-refractivity contribution in [2.45, 2.75) is 23.7 Å². The van der Waals surface area contributed by atoms with E-state index in [4.69, 9.17) is 11.0 Å². The van der Waals surface area contributed by atoms with Gasteiger partial charge in [-0.1, -0.05) is 0 Å². The summed E-state index contributed by atoms with van der Waals surface area (Å²) in [4.78, 5) is 3.69. The number of nitriles is 1. The molecule has 1 heterocycles. The van der Waals surface area contributed by atoms with Crippen molar-refractivity contribution in [3.05, 3.63) is 23.9 Å². The highest BCUT2D eigenvalue weighted by atomic mass is 32.2. The Balaban J connectivity index is 2.50. The predicted octanol–water partition coefficient (Wildman–Crippen LogP) is 2.43. The van der Waals surface area contributed by atoms with Crippen molar-refractivity contribution in [2.24, 2.45) is 5.73 Å². The summed E-state index contributed by atoms with van der Waals surface area (Å²) in [6, 6.07) is 3.63. The van der Waals surface area contributed by atoms with Crippen molar-refractivity contribution in [3.8, 4) is 6.07 Å². The van der Waals surface area contributed by atoms with E-state index in [1.807, 2.05) is 6.07 Å². The minimum atomic E-state index is -4.36. The van der Waals surface area contributed by atoms with Crippen LogP contribution in [-0.4, -0.2) is 16.8 Å². The van der Waals surface area contributed by atoms with Crippen molar-refractivity contribution in [2.75, 3.05) is 5.75 Å². The number of hydrogen-bond acceptors (Lipinski definition) is 4. The predicted molar refractivity (Wildman–Crippen MR) is 58.2 cm³/mol. The third-order valence-electron chi connectivity index (χ3n) is 1.91. The number of nitrogens with two attached hydrogens (primary N) is 1. The molecular formula is C10H10F3N3S. The first-order valence-electron chi connectivity index (χ1n) is 4.74. The van der Waals surface area contributed by atoms with Crippen LogP contribution in [0.1, 0.15) is 12.0 Å². The summed E-state index contributed by atoms with van der Waals surface area (Å²) in [6.07, 6.45) is -3.09. The summed E-state index contributed by atoms with van der Waals surface area (Å²) in [7, 11) is 0. The average molecular weight is 261 g/mol. The van der Waals surface area contributed by atoms with Gasteiger partial charge in [0.2, 0.25) is 0 Å². The normalized spacial score (nSPS) is 13.1. The van der Waals surface area contributed by atoms with Crippen LogP contribution in [0.25, 0.3) is 0 Å². The standard InChI is InChI=1S/C10H10F3N3S/c11-10(12,13)7-1-2-9(16-6-7)17-4-3-8(15)5-14/h1-2,6,8H,3-4,15H2. The van der Waals surface area contributed by atoms with Crippen LogP contribution >= 0.6 is 11.8 Å². The zero-order valence-corrected chi connectivity index (χ0v) is 9.55. The highest BCUT2D eigenvalue weighted by Gasteiger charge is 2.30. The van der Waals surface area contributed by atoms with Crippen molar-refractivity contribution < 1.29 is 13.2 Å². The molecule has 1 aromatic rings. The fourth-order valence-corrected chi connectivity index (χ4v) is 1.86. The Bertz CT molecular complexity index is 397. The van der Waals surface area contributed by atoms with Crippen molar-refractivity contribution >= 4 is 11.8 Å². The lowest BCUT2D eigenvalue weighted by Gasteiger charge is -2.06. The van der Waals surface area contributed by atoms with Crippen LogP contribution in [0.2, 0.25) is 0 Å². The largest absolute Gasteiger partial charge is 0.417 e. The van der Waals surface area contributed by atoms with Crippen LogP contribution < -0.4 is 5.73 Å². The second-order valence-electron chi connectivity index (χ2n) is 3.26. The van der Waals surface area contributed by atoms with Crippen LogP contribution in [0.15, 0.2) is 23.4 Å². The highest BCUT2D eigenvalue weighted by Crippen LogP contribution is 2.29. The molecule has 0 bridgehead atoms. The Hall–Kier alpha value is -1.26. The lowest BCUT2D eigenvalue weighted by Crippen LogP contribution is -2.17. The Morgan fingerprint density at radius 1 is 1.47 bits per heavy atom. The van der Waals surface area contributed by atoms with E-state index in [1.165, 1.54) is 17.8 Å². The molecule has 0 fully saturated rings. The van der Waals surface area contributed by atoms with Gasteiger partial charge in [-0.05, 0) is 18.6 Å². The molecule has 0 aliphatic rings. The van der Waals surface area contributed by atoms with E-state index in [-0.39, 0.29) is 0 Å². The monoisotopic (exact) mass is 261 g/mol. The second-order valence-corrected chi connectivity index (χ2v) is 4.37. The second kappa shape index (κ2) is 5.89. The smallest absolute Gasteiger partial charge is 0.316 e. The third kappa shape index (κ3) is 4.63. The molecule has 0 saturated heterocycles. The molecule has 1 rings (SSSR count). The van der Waals surface area contributed by atoms with E-state index in [0.717, 1.165) is 12.3 Å². The van der Waals surface area contributed by atoms with Gasteiger partial charge in [0, 0.05) is 11.9 Å². The van der Waals surface area contributed by atoms with Crippen molar-refractivity contribution in [1.29, 1.82) is 5.26 Å². The summed E-state index contributed by atoms with van der Waals surface area (Å²) in [5.41, 5.74) is 4.61. The molecule has 17 heavy (non-hydrogen) atoms. The Morgan fingerprint density at radius 3 is 2.65 bits per heavy atom. The Morgan fingerprint density at radius 2 is 2.18 bits per heavy atom. The maximum absolute atomic E-state index is 12.2. The van der Waals surface area contributed by atoms with Crippen LogP contribution in [-0.2, 0) is 6.18 Å². The molecular weight excluding hydrogens is 251 g/mol. The molecule has 0 amide bonds. The fraction of sp³-hybridized carbons (Fsp3) is 0.400. The number of thioether (sulfide) groups is 1. The first-order valence-corrected chi connectivity index (χ1v) is 5.73. The quantitative estimate of drug-likeness (QED) is 0.845. The number of halogens is 3. The molecule has 0 saturated carbocycles. The molecule has 0 aromatic carbocycles. The summed E-state index contributed by atoms with van der Waals surface area (Å²) >= 11 is 1.27. The fourth-order valence-electron chi connectivity index (χ4n) is 0.988. The summed E-state index contributed by atoms with van der Waals surface area (Å²) in [5.74, 6) is 0.549. The minimum Gasteiger partial charge on any atom is -0.316 e. The maximum atomic E-state index is 12.2. The van der Waals surface area contributed by atoms with Gasteiger partial charge in [0.15, 0.2) is 0 Å². The van der Waals surface area contributed by atoms with Gasteiger partial charge in [0.25, 0.3) is 0 Å². The molecule has 0 aliphatic heterocycles. The highest BCUT2D eigenvalue weighted by molar-refractivity contribution is 7.99. The van der Waals surface area contributed by atoms with Crippen LogP contribution in [0.3, 0.4) is 0 Å². The Kier molecular flexibility index (Phi) is 4.78. The minimum absolute atomic E-state index is 0.476. The zero-order valence-electron chi connectivity index (χ0n) is 8.74. The van der Waals surface area contributed by atoms with E-state index in [0.29, 0.717) is 17.2 Å². The van der Waals surface area contributed by atoms with E-state index >= 15 is 0 Å². The lowest BCUT2D eigenvalue weighted by molar-refractivity contribution is -0.137. The van der Waals surface area contributed by atoms with Gasteiger partial charge in [0.1, 0.15) is 0 Å². The van der Waals surface area contributed by atoms with Crippen molar-refractivity contribution in [3.63, 3.8) is 0 Å². The van der Waals surface area contributed by atoms with E-state index in [1.54, 1.807) is 0 Å². The molecule has 0 spiro atoms. The Labute approximate surface area is 101 Å². The van der Waals surface area contributed by atoms with Gasteiger partial charge in [-0.25, -0.2) is 4.98 Å². The first kappa shape index (κ1) is 13.8. The van der Waals surface area contributed by atoms with Crippen molar-refractivity contribution in [1.82, 2.24) is 4.98 Å². The van der Waals surface area contributed by atoms with Crippen LogP contribution in [0.4, 0.5) is 13.2 Å². The molecule has 1 unspecified atom stereocenters. The van der Waals surface area contributed by atoms with Crippen LogP contribution in [0, 0.1) is 11.3 Å². The third-order valence-corrected chi connectivity index (χ3v) is 2.89. The number of aromatic nitrogens is 1. The number of pyridine rings is 1. The van der Waals surface area contributed by atoms with Gasteiger partial charge in [-0.15, -0.1) is 11.8 Å². The molecule has 1 atom stereocenters. The van der Waals surface area contributed by atoms with Gasteiger partial charge in [-0.3, -0.25) is 0 Å². The van der Waals surface area contributed by atoms with E-state index in [2.05, 4.69) is 4.98 Å². The lowest BCUT2D eigenvalue weighted by atomic mass is 10.3. The SMILES string of the molecule is N#CC(N)CCSc1ccc(C(F)(F)F)cn1. The van der Waals surface area contributed by atoms with Gasteiger partial charge >= 0.3 is 6.18 Å². The molecule has 0 aliphatic carbocycles. The van der Waals surface area contributed by atoms with Gasteiger partial charge < -0.3 is 5.73 Å². The van der Waals surface area contributed by atoms with E-state index < -0.39 is 17.8 Å².